The van der Waals surface area contributed by atoms with Crippen LogP contribution in [0, 0.1) is 12.3 Å². The molecular formula is C19H21N. The summed E-state index contributed by atoms with van der Waals surface area (Å²) in [6.07, 6.45) is 6.73. The van der Waals surface area contributed by atoms with Gasteiger partial charge in [-0.25, -0.2) is 0 Å². The number of nitrogens with zero attached hydrogens (tertiary/aromatic N) is 1. The Labute approximate surface area is 122 Å². The molecule has 2 atom stereocenters. The van der Waals surface area contributed by atoms with Gasteiger partial charge in [0.25, 0.3) is 0 Å². The van der Waals surface area contributed by atoms with Crippen LogP contribution in [0.2, 0.25) is 0 Å². The fraction of sp³-hybridized carbons (Fsp3) is 0.263. The lowest BCUT2D eigenvalue weighted by atomic mass is 9.85. The van der Waals surface area contributed by atoms with Gasteiger partial charge in [0.1, 0.15) is 0 Å². The van der Waals surface area contributed by atoms with E-state index in [1.807, 2.05) is 26.2 Å². The van der Waals surface area contributed by atoms with E-state index in [2.05, 4.69) is 59.4 Å². The molecule has 0 saturated carbocycles. The van der Waals surface area contributed by atoms with Crippen molar-refractivity contribution in [2.24, 2.45) is 0 Å². The van der Waals surface area contributed by atoms with Crippen molar-refractivity contribution >= 4 is 0 Å². The summed E-state index contributed by atoms with van der Waals surface area (Å²) in [5.74, 6) is 3.25. The molecule has 1 heteroatoms. The molecule has 20 heavy (non-hydrogen) atoms. The van der Waals surface area contributed by atoms with E-state index in [-0.39, 0.29) is 6.04 Å². The van der Waals surface area contributed by atoms with Crippen molar-refractivity contribution in [2.75, 3.05) is 14.1 Å². The highest BCUT2D eigenvalue weighted by atomic mass is 15.1. The van der Waals surface area contributed by atoms with Crippen LogP contribution >= 0.6 is 0 Å². The summed E-state index contributed by atoms with van der Waals surface area (Å²) in [6.45, 7) is 0. The summed E-state index contributed by atoms with van der Waals surface area (Å²) in [4.78, 5) is 2.13. The lowest BCUT2D eigenvalue weighted by molar-refractivity contribution is 0.308. The van der Waals surface area contributed by atoms with Crippen LogP contribution in [0.15, 0.2) is 60.7 Å². The van der Waals surface area contributed by atoms with Gasteiger partial charge < -0.3 is 0 Å². The molecule has 0 aromatic heterocycles. The average molecular weight is 263 g/mol. The number of rotatable bonds is 5. The second-order valence-corrected chi connectivity index (χ2v) is 5.28. The molecule has 0 radical (unpaired) electrons. The zero-order valence-electron chi connectivity index (χ0n) is 12.2. The minimum atomic E-state index is 0.0950. The van der Waals surface area contributed by atoms with E-state index >= 15 is 0 Å². The van der Waals surface area contributed by atoms with Crippen LogP contribution in [0.1, 0.15) is 17.0 Å². The summed E-state index contributed by atoms with van der Waals surface area (Å²) in [5, 5.41) is 0. The molecule has 0 fully saturated rings. The van der Waals surface area contributed by atoms with E-state index in [1.54, 1.807) is 0 Å². The molecule has 0 aliphatic heterocycles. The molecular weight excluding hydrogens is 242 g/mol. The van der Waals surface area contributed by atoms with Crippen molar-refractivity contribution < 1.29 is 0 Å². The molecule has 0 aliphatic rings. The standard InChI is InChI=1S/C19H21N/c1-4-19(20(2)3)18(17-13-9-6-10-14-17)15-16-11-7-5-8-12-16/h1,5-14,18-19H,15H2,2-3H3. The molecule has 0 saturated heterocycles. The Morgan fingerprint density at radius 3 is 2.00 bits per heavy atom. The summed E-state index contributed by atoms with van der Waals surface area (Å²) in [6, 6.07) is 21.2. The second-order valence-electron chi connectivity index (χ2n) is 5.28. The molecule has 2 aromatic carbocycles. The highest BCUT2D eigenvalue weighted by Crippen LogP contribution is 2.26. The molecule has 2 rings (SSSR count). The molecule has 2 unspecified atom stereocenters. The van der Waals surface area contributed by atoms with Crippen molar-refractivity contribution in [1.29, 1.82) is 0 Å². The van der Waals surface area contributed by atoms with Crippen LogP contribution in [0.4, 0.5) is 0 Å². The molecule has 1 nitrogen and oxygen atoms in total. The fourth-order valence-corrected chi connectivity index (χ4v) is 2.61. The van der Waals surface area contributed by atoms with E-state index < -0.39 is 0 Å². The van der Waals surface area contributed by atoms with Crippen LogP contribution in [0.3, 0.4) is 0 Å². The Kier molecular flexibility index (Phi) is 4.98. The van der Waals surface area contributed by atoms with Gasteiger partial charge in [0.2, 0.25) is 0 Å². The molecule has 2 aromatic rings. The number of hydrogen-bond donors (Lipinski definition) is 0. The molecule has 102 valence electrons. The topological polar surface area (TPSA) is 3.24 Å². The molecule has 0 bridgehead atoms. The number of terminal acetylenes is 1. The largest absolute Gasteiger partial charge is 0.295 e. The lowest BCUT2D eigenvalue weighted by Gasteiger charge is -2.29. The first-order valence-electron chi connectivity index (χ1n) is 6.94. The maximum absolute atomic E-state index is 5.77. The smallest absolute Gasteiger partial charge is 0.0779 e. The van der Waals surface area contributed by atoms with Crippen LogP contribution in [-0.4, -0.2) is 25.0 Å². The predicted octanol–water partition coefficient (Wildman–Crippen LogP) is 3.58. The van der Waals surface area contributed by atoms with E-state index in [0.717, 1.165) is 6.42 Å². The Morgan fingerprint density at radius 1 is 0.950 bits per heavy atom. The van der Waals surface area contributed by atoms with Crippen LogP contribution in [-0.2, 0) is 6.42 Å². The third-order valence-corrected chi connectivity index (χ3v) is 3.63. The second kappa shape index (κ2) is 6.93. The Bertz CT molecular complexity index is 551. The maximum atomic E-state index is 5.77. The first-order chi connectivity index (χ1) is 9.72. The molecule has 0 spiro atoms. The van der Waals surface area contributed by atoms with Crippen molar-refractivity contribution in [3.8, 4) is 12.3 Å². The van der Waals surface area contributed by atoms with Crippen molar-refractivity contribution in [3.63, 3.8) is 0 Å². The number of likely N-dealkylation sites (N-methyl/N-ethyl adjacent to an activating group) is 1. The van der Waals surface area contributed by atoms with Crippen molar-refractivity contribution in [2.45, 2.75) is 18.4 Å². The zero-order chi connectivity index (χ0) is 14.4. The van der Waals surface area contributed by atoms with E-state index in [1.165, 1.54) is 11.1 Å². The van der Waals surface area contributed by atoms with Crippen molar-refractivity contribution in [1.82, 2.24) is 4.90 Å². The average Bonchev–Trinajstić information content (AvgIpc) is 2.48. The Balaban J connectivity index is 2.32. The van der Waals surface area contributed by atoms with E-state index in [0.29, 0.717) is 5.92 Å². The monoisotopic (exact) mass is 263 g/mol. The highest BCUT2D eigenvalue weighted by molar-refractivity contribution is 5.28. The highest BCUT2D eigenvalue weighted by Gasteiger charge is 2.23. The first-order valence-corrected chi connectivity index (χ1v) is 6.94. The van der Waals surface area contributed by atoms with Crippen LogP contribution < -0.4 is 0 Å². The molecule has 0 heterocycles. The van der Waals surface area contributed by atoms with Gasteiger partial charge in [-0.3, -0.25) is 4.90 Å². The summed E-state index contributed by atoms with van der Waals surface area (Å²) >= 11 is 0. The van der Waals surface area contributed by atoms with Gasteiger partial charge in [-0.1, -0.05) is 66.6 Å². The third kappa shape index (κ3) is 3.50. The normalized spacial score (nSPS) is 13.7. The molecule has 0 amide bonds. The minimum Gasteiger partial charge on any atom is -0.295 e. The molecule has 0 aliphatic carbocycles. The lowest BCUT2D eigenvalue weighted by Crippen LogP contribution is -2.33. The Hall–Kier alpha value is -2.04. The summed E-state index contributed by atoms with van der Waals surface area (Å²) in [7, 11) is 4.09. The van der Waals surface area contributed by atoms with Gasteiger partial charge in [-0.2, -0.15) is 0 Å². The predicted molar refractivity (Wildman–Crippen MR) is 85.6 cm³/mol. The minimum absolute atomic E-state index is 0.0950. The number of benzene rings is 2. The van der Waals surface area contributed by atoms with E-state index in [9.17, 15) is 0 Å². The van der Waals surface area contributed by atoms with Crippen LogP contribution in [0.25, 0.3) is 0 Å². The Morgan fingerprint density at radius 2 is 1.50 bits per heavy atom. The van der Waals surface area contributed by atoms with Gasteiger partial charge >= 0.3 is 0 Å². The van der Waals surface area contributed by atoms with Gasteiger partial charge in [-0.05, 0) is 31.6 Å². The first kappa shape index (κ1) is 14.4. The summed E-state index contributed by atoms with van der Waals surface area (Å²) in [5.41, 5.74) is 2.62. The number of hydrogen-bond acceptors (Lipinski definition) is 1. The third-order valence-electron chi connectivity index (χ3n) is 3.63. The summed E-state index contributed by atoms with van der Waals surface area (Å²) < 4.78 is 0. The van der Waals surface area contributed by atoms with Crippen molar-refractivity contribution in [3.05, 3.63) is 71.8 Å². The quantitative estimate of drug-likeness (QED) is 0.745. The fourth-order valence-electron chi connectivity index (χ4n) is 2.61. The van der Waals surface area contributed by atoms with Gasteiger partial charge in [0.15, 0.2) is 0 Å². The van der Waals surface area contributed by atoms with Gasteiger partial charge in [0.05, 0.1) is 6.04 Å². The molecule has 0 N–H and O–H groups in total. The maximum Gasteiger partial charge on any atom is 0.0779 e. The van der Waals surface area contributed by atoms with Gasteiger partial charge in [-0.15, -0.1) is 6.42 Å². The zero-order valence-corrected chi connectivity index (χ0v) is 12.2. The SMILES string of the molecule is C#CC(C(Cc1ccccc1)c1ccccc1)N(C)C. The van der Waals surface area contributed by atoms with Gasteiger partial charge in [0, 0.05) is 5.92 Å². The van der Waals surface area contributed by atoms with Crippen LogP contribution in [0.5, 0.6) is 0 Å². The van der Waals surface area contributed by atoms with E-state index in [4.69, 9.17) is 6.42 Å².